The number of ether oxygens (including phenoxy) is 2. The lowest BCUT2D eigenvalue weighted by Gasteiger charge is -2.41. The summed E-state index contributed by atoms with van der Waals surface area (Å²) < 4.78 is 10.9. The zero-order chi connectivity index (χ0) is 19.7. The summed E-state index contributed by atoms with van der Waals surface area (Å²) in [5, 5.41) is 2.84. The Hall–Kier alpha value is -3.02. The highest BCUT2D eigenvalue weighted by molar-refractivity contribution is 5.92. The van der Waals surface area contributed by atoms with E-state index in [0.717, 1.165) is 16.9 Å². The van der Waals surface area contributed by atoms with Crippen LogP contribution in [0.3, 0.4) is 0 Å². The van der Waals surface area contributed by atoms with Gasteiger partial charge in [-0.3, -0.25) is 9.59 Å². The third-order valence-corrected chi connectivity index (χ3v) is 5.53. The Morgan fingerprint density at radius 1 is 1.11 bits per heavy atom. The fourth-order valence-electron chi connectivity index (χ4n) is 3.86. The van der Waals surface area contributed by atoms with Crippen molar-refractivity contribution < 1.29 is 19.1 Å². The van der Waals surface area contributed by atoms with Crippen molar-refractivity contribution in [3.8, 4) is 11.5 Å². The van der Waals surface area contributed by atoms with Crippen molar-refractivity contribution in [2.24, 2.45) is 0 Å². The van der Waals surface area contributed by atoms with Gasteiger partial charge in [0, 0.05) is 25.4 Å². The summed E-state index contributed by atoms with van der Waals surface area (Å²) in [6, 6.07) is 15.8. The third kappa shape index (κ3) is 3.30. The van der Waals surface area contributed by atoms with Crippen LogP contribution in [0.1, 0.15) is 37.3 Å². The lowest BCUT2D eigenvalue weighted by Crippen LogP contribution is -2.63. The van der Waals surface area contributed by atoms with Crippen LogP contribution < -0.4 is 14.8 Å². The molecule has 0 aromatic heterocycles. The summed E-state index contributed by atoms with van der Waals surface area (Å²) >= 11 is 0. The van der Waals surface area contributed by atoms with Crippen molar-refractivity contribution >= 4 is 11.8 Å². The minimum Gasteiger partial charge on any atom is -0.454 e. The molecule has 0 bridgehead atoms. The van der Waals surface area contributed by atoms with Crippen LogP contribution >= 0.6 is 0 Å². The first-order chi connectivity index (χ1) is 13.5. The number of hydrogen-bond acceptors (Lipinski definition) is 4. The van der Waals surface area contributed by atoms with Crippen molar-refractivity contribution in [2.75, 3.05) is 19.9 Å². The SMILES string of the molecule is CC1(C)C(=O)NCCN1C(=O)C[C@@H](c1ccccc1)c1ccc2c(c1)OCO2. The second-order valence-corrected chi connectivity index (χ2v) is 7.64. The molecule has 146 valence electrons. The molecule has 0 radical (unpaired) electrons. The molecule has 2 aliphatic rings. The molecular formula is C22H24N2O4. The predicted molar refractivity (Wildman–Crippen MR) is 104 cm³/mol. The average molecular weight is 380 g/mol. The summed E-state index contributed by atoms with van der Waals surface area (Å²) in [6.07, 6.45) is 0.278. The molecule has 0 aliphatic carbocycles. The van der Waals surface area contributed by atoms with Crippen LogP contribution in [0.5, 0.6) is 11.5 Å². The molecule has 4 rings (SSSR count). The van der Waals surface area contributed by atoms with Crippen LogP contribution in [-0.2, 0) is 9.59 Å². The highest BCUT2D eigenvalue weighted by Crippen LogP contribution is 2.38. The summed E-state index contributed by atoms with van der Waals surface area (Å²) in [5.74, 6) is 1.13. The van der Waals surface area contributed by atoms with Crippen molar-refractivity contribution in [2.45, 2.75) is 31.7 Å². The molecule has 1 fully saturated rings. The van der Waals surface area contributed by atoms with Crippen molar-refractivity contribution in [3.63, 3.8) is 0 Å². The van der Waals surface area contributed by atoms with E-state index in [1.54, 1.807) is 18.7 Å². The Labute approximate surface area is 164 Å². The van der Waals surface area contributed by atoms with Gasteiger partial charge in [-0.25, -0.2) is 0 Å². The molecule has 28 heavy (non-hydrogen) atoms. The molecule has 2 aromatic carbocycles. The van der Waals surface area contributed by atoms with Crippen molar-refractivity contribution in [3.05, 3.63) is 59.7 Å². The highest BCUT2D eigenvalue weighted by Gasteiger charge is 2.41. The molecule has 2 heterocycles. The van der Waals surface area contributed by atoms with Crippen molar-refractivity contribution in [1.82, 2.24) is 10.2 Å². The van der Waals surface area contributed by atoms with Crippen LogP contribution in [0.4, 0.5) is 0 Å². The first-order valence-corrected chi connectivity index (χ1v) is 9.50. The number of benzene rings is 2. The highest BCUT2D eigenvalue weighted by atomic mass is 16.7. The van der Waals surface area contributed by atoms with E-state index in [1.165, 1.54) is 0 Å². The Morgan fingerprint density at radius 2 is 1.86 bits per heavy atom. The van der Waals surface area contributed by atoms with Crippen LogP contribution in [-0.4, -0.2) is 42.1 Å². The third-order valence-electron chi connectivity index (χ3n) is 5.53. The van der Waals surface area contributed by atoms with E-state index < -0.39 is 5.54 Å². The van der Waals surface area contributed by atoms with Gasteiger partial charge in [-0.2, -0.15) is 0 Å². The minimum absolute atomic E-state index is 0.0358. The van der Waals surface area contributed by atoms with Gasteiger partial charge in [0.15, 0.2) is 11.5 Å². The van der Waals surface area contributed by atoms with Crippen LogP contribution in [0.25, 0.3) is 0 Å². The van der Waals surface area contributed by atoms with Gasteiger partial charge in [0.05, 0.1) is 0 Å². The van der Waals surface area contributed by atoms with E-state index in [4.69, 9.17) is 9.47 Å². The molecule has 0 unspecified atom stereocenters. The quantitative estimate of drug-likeness (QED) is 0.886. The number of nitrogens with zero attached hydrogens (tertiary/aromatic N) is 1. The number of rotatable bonds is 4. The fraction of sp³-hybridized carbons (Fsp3) is 0.364. The number of fused-ring (bicyclic) bond motifs is 1. The van der Waals surface area contributed by atoms with Crippen LogP contribution in [0, 0.1) is 0 Å². The normalized spacial score (nSPS) is 18.5. The lowest BCUT2D eigenvalue weighted by atomic mass is 9.87. The number of amides is 2. The van der Waals surface area contributed by atoms with Gasteiger partial charge in [0.1, 0.15) is 5.54 Å². The molecule has 2 aromatic rings. The molecule has 2 aliphatic heterocycles. The molecule has 0 saturated carbocycles. The molecule has 6 nitrogen and oxygen atoms in total. The van der Waals surface area contributed by atoms with Gasteiger partial charge in [-0.05, 0) is 37.1 Å². The molecule has 1 N–H and O–H groups in total. The smallest absolute Gasteiger partial charge is 0.245 e. The number of carbonyl (C=O) groups is 2. The maximum atomic E-state index is 13.2. The number of nitrogens with one attached hydrogen (secondary N) is 1. The molecular weight excluding hydrogens is 356 g/mol. The fourth-order valence-corrected chi connectivity index (χ4v) is 3.86. The predicted octanol–water partition coefficient (Wildman–Crippen LogP) is 2.67. The Kier molecular flexibility index (Phi) is 4.71. The van der Waals surface area contributed by atoms with E-state index in [2.05, 4.69) is 5.32 Å². The Balaban J connectivity index is 1.65. The Bertz CT molecular complexity index is 895. The maximum Gasteiger partial charge on any atom is 0.245 e. The van der Waals surface area contributed by atoms with Crippen molar-refractivity contribution in [1.29, 1.82) is 0 Å². The minimum atomic E-state index is -0.856. The topological polar surface area (TPSA) is 67.9 Å². The standard InChI is InChI=1S/C22H24N2O4/c1-22(2)21(26)23-10-11-24(22)20(25)13-17(15-6-4-3-5-7-15)16-8-9-18-19(12-16)28-14-27-18/h3-9,12,17H,10-11,13-14H2,1-2H3,(H,23,26)/t17-/m0/s1. The second kappa shape index (κ2) is 7.19. The lowest BCUT2D eigenvalue weighted by molar-refractivity contribution is -0.149. The molecule has 0 spiro atoms. The van der Waals surface area contributed by atoms with Gasteiger partial charge < -0.3 is 19.7 Å². The molecule has 6 heteroatoms. The van der Waals surface area contributed by atoms with E-state index in [1.807, 2.05) is 48.5 Å². The van der Waals surface area contributed by atoms with Gasteiger partial charge in [0.25, 0.3) is 0 Å². The summed E-state index contributed by atoms with van der Waals surface area (Å²) in [5.41, 5.74) is 1.18. The summed E-state index contributed by atoms with van der Waals surface area (Å²) in [6.45, 7) is 4.79. The molecule has 2 amide bonds. The summed E-state index contributed by atoms with van der Waals surface area (Å²) in [4.78, 5) is 27.2. The zero-order valence-electron chi connectivity index (χ0n) is 16.1. The summed E-state index contributed by atoms with van der Waals surface area (Å²) in [7, 11) is 0. The zero-order valence-corrected chi connectivity index (χ0v) is 16.1. The average Bonchev–Trinajstić information content (AvgIpc) is 3.16. The van der Waals surface area contributed by atoms with Gasteiger partial charge in [-0.15, -0.1) is 0 Å². The van der Waals surface area contributed by atoms with E-state index >= 15 is 0 Å². The van der Waals surface area contributed by atoms with E-state index in [9.17, 15) is 9.59 Å². The van der Waals surface area contributed by atoms with Crippen LogP contribution in [0.15, 0.2) is 48.5 Å². The van der Waals surface area contributed by atoms with Crippen LogP contribution in [0.2, 0.25) is 0 Å². The monoisotopic (exact) mass is 380 g/mol. The van der Waals surface area contributed by atoms with E-state index in [0.29, 0.717) is 18.8 Å². The maximum absolute atomic E-state index is 13.2. The Morgan fingerprint density at radius 3 is 2.64 bits per heavy atom. The molecule has 1 saturated heterocycles. The number of piperazine rings is 1. The second-order valence-electron chi connectivity index (χ2n) is 7.64. The number of hydrogen-bond donors (Lipinski definition) is 1. The van der Waals surface area contributed by atoms with E-state index in [-0.39, 0.29) is 30.9 Å². The molecule has 1 atom stereocenters. The first-order valence-electron chi connectivity index (χ1n) is 9.50. The largest absolute Gasteiger partial charge is 0.454 e. The van der Waals surface area contributed by atoms with Gasteiger partial charge in [0.2, 0.25) is 18.6 Å². The first kappa shape index (κ1) is 18.3. The number of carbonyl (C=O) groups excluding carboxylic acids is 2. The van der Waals surface area contributed by atoms with Gasteiger partial charge >= 0.3 is 0 Å². The van der Waals surface area contributed by atoms with Gasteiger partial charge in [-0.1, -0.05) is 36.4 Å².